The van der Waals surface area contributed by atoms with Crippen LogP contribution < -0.4 is 0 Å². The van der Waals surface area contributed by atoms with E-state index in [0.29, 0.717) is 17.0 Å². The van der Waals surface area contributed by atoms with Crippen molar-refractivity contribution in [1.82, 2.24) is 9.78 Å². The van der Waals surface area contributed by atoms with Crippen molar-refractivity contribution in [3.63, 3.8) is 0 Å². The van der Waals surface area contributed by atoms with Gasteiger partial charge in [0.25, 0.3) is 0 Å². The molecule has 2 rings (SSSR count). The summed E-state index contributed by atoms with van der Waals surface area (Å²) in [5.74, 6) is -1.47. The van der Waals surface area contributed by atoms with Gasteiger partial charge < -0.3 is 5.11 Å². The molecule has 20 heavy (non-hydrogen) atoms. The Morgan fingerprint density at radius 1 is 1.45 bits per heavy atom. The normalized spacial score (nSPS) is 12.3. The van der Waals surface area contributed by atoms with Crippen molar-refractivity contribution in [2.75, 3.05) is 0 Å². The summed E-state index contributed by atoms with van der Waals surface area (Å²) in [5, 5.41) is 14.4. The summed E-state index contributed by atoms with van der Waals surface area (Å²) in [6.45, 7) is 2.03. The average molecular weight is 293 g/mol. The maximum Gasteiger partial charge on any atom is 0.311 e. The van der Waals surface area contributed by atoms with Crippen LogP contribution in [-0.4, -0.2) is 20.9 Å². The third kappa shape index (κ3) is 3.20. The van der Waals surface area contributed by atoms with E-state index in [2.05, 4.69) is 5.10 Å². The van der Waals surface area contributed by atoms with Gasteiger partial charge in [0, 0.05) is 24.2 Å². The largest absolute Gasteiger partial charge is 0.481 e. The van der Waals surface area contributed by atoms with Crippen LogP contribution in [0, 0.1) is 0 Å². The Hall–Kier alpha value is -1.81. The Morgan fingerprint density at radius 3 is 2.75 bits per heavy atom. The topological polar surface area (TPSA) is 55.1 Å². The summed E-state index contributed by atoms with van der Waals surface area (Å²) < 4.78 is 1.75. The minimum absolute atomic E-state index is 0.402. The zero-order chi connectivity index (χ0) is 14.7. The second-order valence-electron chi connectivity index (χ2n) is 4.75. The van der Waals surface area contributed by atoms with Gasteiger partial charge in [-0.25, -0.2) is 0 Å². The summed E-state index contributed by atoms with van der Waals surface area (Å²) in [5.41, 5.74) is 2.59. The standard InChI is InChI=1S/C15H17ClN2O2/c1-3-12-8-13(18(2)17-12)9-14(15(19)20)10-5-4-6-11(16)7-10/h4-8,14H,3,9H2,1-2H3,(H,19,20). The molecular formula is C15H17ClN2O2. The van der Waals surface area contributed by atoms with Crippen LogP contribution in [0.15, 0.2) is 30.3 Å². The summed E-state index contributed by atoms with van der Waals surface area (Å²) >= 11 is 5.94. The van der Waals surface area contributed by atoms with Crippen LogP contribution in [0.2, 0.25) is 5.02 Å². The summed E-state index contributed by atoms with van der Waals surface area (Å²) in [6.07, 6.45) is 1.24. The molecule has 0 fully saturated rings. The number of carbonyl (C=O) groups is 1. The minimum atomic E-state index is -0.855. The van der Waals surface area contributed by atoms with Gasteiger partial charge in [-0.15, -0.1) is 0 Å². The van der Waals surface area contributed by atoms with Crippen molar-refractivity contribution >= 4 is 17.6 Å². The number of aromatic nitrogens is 2. The first kappa shape index (κ1) is 14.6. The van der Waals surface area contributed by atoms with Crippen LogP contribution in [0.5, 0.6) is 0 Å². The predicted octanol–water partition coefficient (Wildman–Crippen LogP) is 3.05. The molecule has 0 saturated carbocycles. The van der Waals surface area contributed by atoms with E-state index in [9.17, 15) is 9.90 Å². The van der Waals surface area contributed by atoms with Crippen LogP contribution in [0.3, 0.4) is 0 Å². The Labute approximate surface area is 123 Å². The van der Waals surface area contributed by atoms with Crippen molar-refractivity contribution < 1.29 is 9.90 Å². The second kappa shape index (κ2) is 6.09. The van der Waals surface area contributed by atoms with Gasteiger partial charge in [-0.3, -0.25) is 9.48 Å². The summed E-state index contributed by atoms with van der Waals surface area (Å²) in [6, 6.07) is 8.97. The molecule has 4 nitrogen and oxygen atoms in total. The molecule has 0 spiro atoms. The number of benzene rings is 1. The molecule has 0 bridgehead atoms. The van der Waals surface area contributed by atoms with E-state index in [1.807, 2.05) is 20.0 Å². The lowest BCUT2D eigenvalue weighted by Crippen LogP contribution is -2.16. The van der Waals surface area contributed by atoms with Crippen LogP contribution >= 0.6 is 11.6 Å². The lowest BCUT2D eigenvalue weighted by atomic mass is 9.94. The smallest absolute Gasteiger partial charge is 0.311 e. The van der Waals surface area contributed by atoms with Crippen molar-refractivity contribution in [3.05, 3.63) is 52.3 Å². The van der Waals surface area contributed by atoms with Gasteiger partial charge in [-0.2, -0.15) is 5.10 Å². The lowest BCUT2D eigenvalue weighted by molar-refractivity contribution is -0.138. The van der Waals surface area contributed by atoms with Crippen LogP contribution in [0.1, 0.15) is 29.8 Å². The maximum atomic E-state index is 11.5. The number of halogens is 1. The third-order valence-corrected chi connectivity index (χ3v) is 3.59. The molecule has 0 aliphatic rings. The molecule has 1 aromatic carbocycles. The first-order valence-corrected chi connectivity index (χ1v) is 6.89. The fourth-order valence-electron chi connectivity index (χ4n) is 2.22. The van der Waals surface area contributed by atoms with Crippen molar-refractivity contribution in [2.45, 2.75) is 25.7 Å². The second-order valence-corrected chi connectivity index (χ2v) is 5.19. The highest BCUT2D eigenvalue weighted by atomic mass is 35.5. The number of hydrogen-bond donors (Lipinski definition) is 1. The van der Waals surface area contributed by atoms with Crippen LogP contribution in [0.4, 0.5) is 0 Å². The molecule has 106 valence electrons. The van der Waals surface area contributed by atoms with E-state index >= 15 is 0 Å². The number of aryl methyl sites for hydroxylation is 2. The van der Waals surface area contributed by atoms with Crippen LogP contribution in [0.25, 0.3) is 0 Å². The molecule has 5 heteroatoms. The molecule has 1 atom stereocenters. The summed E-state index contributed by atoms with van der Waals surface area (Å²) in [4.78, 5) is 11.5. The Kier molecular flexibility index (Phi) is 4.45. The van der Waals surface area contributed by atoms with E-state index < -0.39 is 11.9 Å². The van der Waals surface area contributed by atoms with E-state index in [0.717, 1.165) is 17.8 Å². The number of rotatable bonds is 5. The molecule has 1 N–H and O–H groups in total. The molecule has 1 unspecified atom stereocenters. The fourth-order valence-corrected chi connectivity index (χ4v) is 2.41. The molecule has 0 aliphatic heterocycles. The van der Waals surface area contributed by atoms with Gasteiger partial charge in [0.15, 0.2) is 0 Å². The lowest BCUT2D eigenvalue weighted by Gasteiger charge is -2.13. The van der Waals surface area contributed by atoms with E-state index in [1.54, 1.807) is 28.9 Å². The molecule has 0 saturated heterocycles. The molecule has 0 radical (unpaired) electrons. The van der Waals surface area contributed by atoms with Gasteiger partial charge in [0.05, 0.1) is 11.6 Å². The highest BCUT2D eigenvalue weighted by Gasteiger charge is 2.22. The SMILES string of the molecule is CCc1cc(CC(C(=O)O)c2cccc(Cl)c2)n(C)n1. The Balaban J connectivity index is 2.30. The molecule has 1 heterocycles. The van der Waals surface area contributed by atoms with Gasteiger partial charge in [-0.05, 0) is 30.2 Å². The zero-order valence-electron chi connectivity index (χ0n) is 11.5. The summed E-state index contributed by atoms with van der Waals surface area (Å²) in [7, 11) is 1.84. The van der Waals surface area contributed by atoms with Crippen molar-refractivity contribution in [3.8, 4) is 0 Å². The van der Waals surface area contributed by atoms with Crippen LogP contribution in [-0.2, 0) is 24.7 Å². The maximum absolute atomic E-state index is 11.5. The third-order valence-electron chi connectivity index (χ3n) is 3.35. The van der Waals surface area contributed by atoms with E-state index in [-0.39, 0.29) is 0 Å². The van der Waals surface area contributed by atoms with Gasteiger partial charge in [0.1, 0.15) is 0 Å². The monoisotopic (exact) mass is 292 g/mol. The number of nitrogens with zero attached hydrogens (tertiary/aromatic N) is 2. The molecule has 1 aromatic heterocycles. The van der Waals surface area contributed by atoms with Crippen molar-refractivity contribution in [1.29, 1.82) is 0 Å². The Morgan fingerprint density at radius 2 is 2.20 bits per heavy atom. The quantitative estimate of drug-likeness (QED) is 0.921. The number of hydrogen-bond acceptors (Lipinski definition) is 2. The zero-order valence-corrected chi connectivity index (χ0v) is 12.3. The molecule has 0 amide bonds. The predicted molar refractivity (Wildman–Crippen MR) is 78.1 cm³/mol. The Bertz CT molecular complexity index is 622. The van der Waals surface area contributed by atoms with Gasteiger partial charge >= 0.3 is 5.97 Å². The molecule has 2 aromatic rings. The van der Waals surface area contributed by atoms with Gasteiger partial charge in [0.2, 0.25) is 0 Å². The first-order valence-electron chi connectivity index (χ1n) is 6.51. The number of carboxylic acids is 1. The van der Waals surface area contributed by atoms with E-state index in [1.165, 1.54) is 0 Å². The minimum Gasteiger partial charge on any atom is -0.481 e. The van der Waals surface area contributed by atoms with Gasteiger partial charge in [-0.1, -0.05) is 30.7 Å². The fraction of sp³-hybridized carbons (Fsp3) is 0.333. The van der Waals surface area contributed by atoms with E-state index in [4.69, 9.17) is 11.6 Å². The van der Waals surface area contributed by atoms with Crippen molar-refractivity contribution in [2.24, 2.45) is 7.05 Å². The first-order chi connectivity index (χ1) is 9.51. The highest BCUT2D eigenvalue weighted by molar-refractivity contribution is 6.30. The number of aliphatic carboxylic acids is 1. The molecule has 0 aliphatic carbocycles. The molecular weight excluding hydrogens is 276 g/mol. The highest BCUT2D eigenvalue weighted by Crippen LogP contribution is 2.24. The number of carboxylic acid groups (broad SMARTS) is 1. The average Bonchev–Trinajstić information content (AvgIpc) is 2.76.